The third-order valence-corrected chi connectivity index (χ3v) is 3.01. The van der Waals surface area contributed by atoms with Crippen LogP contribution in [0.2, 0.25) is 0 Å². The van der Waals surface area contributed by atoms with Crippen molar-refractivity contribution in [2.24, 2.45) is 5.84 Å². The number of nitro groups is 1. The Bertz CT molecular complexity index is 439. The Morgan fingerprint density at radius 2 is 2.26 bits per heavy atom. The van der Waals surface area contributed by atoms with E-state index in [2.05, 4.69) is 17.2 Å². The highest BCUT2D eigenvalue weighted by atomic mass is 16.6. The highest BCUT2D eigenvalue weighted by molar-refractivity contribution is 5.62. The summed E-state index contributed by atoms with van der Waals surface area (Å²) in [5.41, 5.74) is 3.59. The minimum Gasteiger partial charge on any atom is -0.383 e. The van der Waals surface area contributed by atoms with E-state index in [-0.39, 0.29) is 11.7 Å². The summed E-state index contributed by atoms with van der Waals surface area (Å²) in [5.74, 6) is 5.31. The van der Waals surface area contributed by atoms with E-state index in [0.717, 1.165) is 5.56 Å². The summed E-state index contributed by atoms with van der Waals surface area (Å²) in [5, 5.41) is 10.8. The standard InChI is InChI=1S/C12H20N4O3/c1-9(8-19-3)15(2)7-10-4-5-12(16(17)18)11(6-10)14-13/h4-6,9,14H,7-8,13H2,1-3H3. The Morgan fingerprint density at radius 3 is 2.79 bits per heavy atom. The number of nitrogen functional groups attached to an aromatic ring is 1. The predicted octanol–water partition coefficient (Wildman–Crippen LogP) is 1.35. The molecule has 106 valence electrons. The van der Waals surface area contributed by atoms with Gasteiger partial charge in [-0.2, -0.15) is 0 Å². The lowest BCUT2D eigenvalue weighted by Crippen LogP contribution is -2.32. The lowest BCUT2D eigenvalue weighted by molar-refractivity contribution is -0.384. The van der Waals surface area contributed by atoms with Crippen molar-refractivity contribution >= 4 is 11.4 Å². The highest BCUT2D eigenvalue weighted by Gasteiger charge is 2.15. The van der Waals surface area contributed by atoms with E-state index in [1.807, 2.05) is 7.05 Å². The molecule has 7 nitrogen and oxygen atoms in total. The summed E-state index contributed by atoms with van der Waals surface area (Å²) in [6, 6.07) is 5.14. The molecule has 0 bridgehead atoms. The van der Waals surface area contributed by atoms with Crippen LogP contribution in [0, 0.1) is 10.1 Å². The highest BCUT2D eigenvalue weighted by Crippen LogP contribution is 2.25. The number of hydrazine groups is 1. The number of methoxy groups -OCH3 is 1. The maximum Gasteiger partial charge on any atom is 0.293 e. The van der Waals surface area contributed by atoms with Gasteiger partial charge in [0.1, 0.15) is 5.69 Å². The van der Waals surface area contributed by atoms with Gasteiger partial charge < -0.3 is 10.2 Å². The Morgan fingerprint density at radius 1 is 1.58 bits per heavy atom. The molecule has 1 aromatic carbocycles. The van der Waals surface area contributed by atoms with Gasteiger partial charge in [-0.1, -0.05) is 6.07 Å². The van der Waals surface area contributed by atoms with E-state index in [4.69, 9.17) is 10.6 Å². The molecule has 3 N–H and O–H groups in total. The number of anilines is 1. The van der Waals surface area contributed by atoms with Crippen LogP contribution in [0.4, 0.5) is 11.4 Å². The number of likely N-dealkylation sites (N-methyl/N-ethyl adjacent to an activating group) is 1. The Kier molecular flexibility index (Phi) is 5.68. The molecule has 0 fully saturated rings. The molecule has 0 radical (unpaired) electrons. The first-order valence-electron chi connectivity index (χ1n) is 5.92. The van der Waals surface area contributed by atoms with Crippen molar-refractivity contribution in [1.29, 1.82) is 0 Å². The van der Waals surface area contributed by atoms with Gasteiger partial charge >= 0.3 is 0 Å². The molecule has 0 amide bonds. The van der Waals surface area contributed by atoms with Crippen molar-refractivity contribution in [1.82, 2.24) is 4.90 Å². The van der Waals surface area contributed by atoms with Crippen LogP contribution in [0.15, 0.2) is 18.2 Å². The van der Waals surface area contributed by atoms with Crippen molar-refractivity contribution in [3.63, 3.8) is 0 Å². The summed E-state index contributed by atoms with van der Waals surface area (Å²) in [7, 11) is 3.63. The molecule has 0 saturated heterocycles. The van der Waals surface area contributed by atoms with Crippen LogP contribution >= 0.6 is 0 Å². The molecule has 19 heavy (non-hydrogen) atoms. The van der Waals surface area contributed by atoms with E-state index < -0.39 is 4.92 Å². The van der Waals surface area contributed by atoms with Gasteiger partial charge in [-0.3, -0.25) is 20.9 Å². The maximum absolute atomic E-state index is 10.8. The third-order valence-electron chi connectivity index (χ3n) is 3.01. The molecular weight excluding hydrogens is 248 g/mol. The lowest BCUT2D eigenvalue weighted by atomic mass is 10.1. The minimum atomic E-state index is -0.462. The fourth-order valence-corrected chi connectivity index (χ4v) is 1.77. The van der Waals surface area contributed by atoms with Gasteiger partial charge in [0.15, 0.2) is 0 Å². The number of benzene rings is 1. The molecule has 1 atom stereocenters. The second-order valence-electron chi connectivity index (χ2n) is 4.47. The van der Waals surface area contributed by atoms with Crippen LogP contribution < -0.4 is 11.3 Å². The summed E-state index contributed by atoms with van der Waals surface area (Å²) in [6.07, 6.45) is 0. The molecule has 0 spiro atoms. The molecule has 7 heteroatoms. The Labute approximate surface area is 112 Å². The summed E-state index contributed by atoms with van der Waals surface area (Å²) < 4.78 is 5.09. The van der Waals surface area contributed by atoms with E-state index in [9.17, 15) is 10.1 Å². The first-order valence-corrected chi connectivity index (χ1v) is 5.92. The predicted molar refractivity (Wildman–Crippen MR) is 73.7 cm³/mol. The van der Waals surface area contributed by atoms with Gasteiger partial charge in [-0.05, 0) is 25.6 Å². The quantitative estimate of drug-likeness (QED) is 0.440. The normalized spacial score (nSPS) is 12.5. The average molecular weight is 268 g/mol. The topological polar surface area (TPSA) is 93.7 Å². The van der Waals surface area contributed by atoms with Gasteiger partial charge in [-0.25, -0.2) is 0 Å². The average Bonchev–Trinajstić information content (AvgIpc) is 2.38. The molecule has 0 saturated carbocycles. The van der Waals surface area contributed by atoms with E-state index in [1.54, 1.807) is 19.2 Å². The third kappa shape index (κ3) is 4.16. The molecular formula is C12H20N4O3. The molecule has 0 aliphatic carbocycles. The number of nitrogens with two attached hydrogens (primary N) is 1. The van der Waals surface area contributed by atoms with E-state index in [0.29, 0.717) is 18.8 Å². The minimum absolute atomic E-state index is 0.0288. The van der Waals surface area contributed by atoms with Crippen LogP contribution in [0.5, 0.6) is 0 Å². The van der Waals surface area contributed by atoms with Crippen LogP contribution in [0.1, 0.15) is 12.5 Å². The van der Waals surface area contributed by atoms with Crippen LogP contribution in [0.3, 0.4) is 0 Å². The van der Waals surface area contributed by atoms with Gasteiger partial charge in [0.2, 0.25) is 0 Å². The number of rotatable bonds is 7. The summed E-state index contributed by atoms with van der Waals surface area (Å²) in [4.78, 5) is 12.4. The number of hydrogen-bond donors (Lipinski definition) is 2. The smallest absolute Gasteiger partial charge is 0.293 e. The molecule has 0 aliphatic rings. The lowest BCUT2D eigenvalue weighted by Gasteiger charge is -2.24. The van der Waals surface area contributed by atoms with Crippen molar-refractivity contribution in [2.75, 3.05) is 26.2 Å². The van der Waals surface area contributed by atoms with Gasteiger partial charge in [-0.15, -0.1) is 0 Å². The zero-order chi connectivity index (χ0) is 14.4. The zero-order valence-electron chi connectivity index (χ0n) is 11.4. The first-order chi connectivity index (χ1) is 8.99. The van der Waals surface area contributed by atoms with Crippen LogP contribution in [-0.4, -0.2) is 36.6 Å². The SMILES string of the molecule is COCC(C)N(C)Cc1ccc([N+](=O)[O-])c(NN)c1. The van der Waals surface area contributed by atoms with Crippen molar-refractivity contribution in [2.45, 2.75) is 19.5 Å². The summed E-state index contributed by atoms with van der Waals surface area (Å²) in [6.45, 7) is 3.35. The number of hydrogen-bond acceptors (Lipinski definition) is 6. The van der Waals surface area contributed by atoms with Gasteiger partial charge in [0, 0.05) is 25.8 Å². The second kappa shape index (κ2) is 7.03. The molecule has 0 heterocycles. The van der Waals surface area contributed by atoms with Crippen molar-refractivity contribution in [3.8, 4) is 0 Å². The monoisotopic (exact) mass is 268 g/mol. The fraction of sp³-hybridized carbons (Fsp3) is 0.500. The van der Waals surface area contributed by atoms with E-state index in [1.165, 1.54) is 6.07 Å². The zero-order valence-corrected chi connectivity index (χ0v) is 11.4. The van der Waals surface area contributed by atoms with Crippen LogP contribution in [0.25, 0.3) is 0 Å². The number of nitrogens with one attached hydrogen (secondary N) is 1. The molecule has 0 aliphatic heterocycles. The molecule has 1 unspecified atom stereocenters. The second-order valence-corrected chi connectivity index (χ2v) is 4.47. The summed E-state index contributed by atoms with van der Waals surface area (Å²) >= 11 is 0. The molecule has 0 aromatic heterocycles. The molecule has 1 aromatic rings. The van der Waals surface area contributed by atoms with Gasteiger partial charge in [0.25, 0.3) is 5.69 Å². The van der Waals surface area contributed by atoms with Crippen molar-refractivity contribution in [3.05, 3.63) is 33.9 Å². The van der Waals surface area contributed by atoms with Crippen LogP contribution in [-0.2, 0) is 11.3 Å². The first kappa shape index (κ1) is 15.4. The maximum atomic E-state index is 10.8. The largest absolute Gasteiger partial charge is 0.383 e. The number of ether oxygens (including phenoxy) is 1. The Hall–Kier alpha value is -1.70. The van der Waals surface area contributed by atoms with Gasteiger partial charge in [0.05, 0.1) is 11.5 Å². The Balaban J connectivity index is 2.82. The van der Waals surface area contributed by atoms with E-state index >= 15 is 0 Å². The number of nitro benzene ring substituents is 1. The molecule has 1 rings (SSSR count). The van der Waals surface area contributed by atoms with Crippen molar-refractivity contribution < 1.29 is 9.66 Å². The fourth-order valence-electron chi connectivity index (χ4n) is 1.77. The number of nitrogens with zero attached hydrogens (tertiary/aromatic N) is 2.